The van der Waals surface area contributed by atoms with E-state index in [0.717, 1.165) is 18.4 Å². The van der Waals surface area contributed by atoms with Crippen LogP contribution in [0.4, 0.5) is 0 Å². The van der Waals surface area contributed by atoms with Crippen molar-refractivity contribution in [1.29, 1.82) is 0 Å². The fraction of sp³-hybridized carbons (Fsp3) is 0.833. The van der Waals surface area contributed by atoms with E-state index in [1.165, 1.54) is 37.8 Å². The van der Waals surface area contributed by atoms with Gasteiger partial charge in [-0.1, -0.05) is 33.3 Å². The van der Waals surface area contributed by atoms with Crippen LogP contribution >= 0.6 is 0 Å². The summed E-state index contributed by atoms with van der Waals surface area (Å²) in [5, 5.41) is 0. The number of hydrogen-bond acceptors (Lipinski definition) is 1. The standard InChI is InChI=1S/C18H31N/c1-12(2)15-7-6-8-17-16(10-9-15)14(5)19-11-18(17)13(3)4/h12-13,15-16H,6-11H2,1-5H3. The predicted octanol–water partition coefficient (Wildman–Crippen LogP) is 5.27. The third kappa shape index (κ3) is 3.30. The van der Waals surface area contributed by atoms with E-state index in [1.54, 1.807) is 11.1 Å². The van der Waals surface area contributed by atoms with Crippen molar-refractivity contribution in [2.45, 2.75) is 66.7 Å². The monoisotopic (exact) mass is 261 g/mol. The van der Waals surface area contributed by atoms with Crippen LogP contribution in [0.1, 0.15) is 66.7 Å². The molecule has 0 aromatic heterocycles. The molecule has 1 aliphatic heterocycles. The minimum Gasteiger partial charge on any atom is -0.289 e. The fourth-order valence-corrected chi connectivity index (χ4v) is 3.92. The van der Waals surface area contributed by atoms with Crippen LogP contribution in [0.3, 0.4) is 0 Å². The number of hydrogen-bond donors (Lipinski definition) is 0. The van der Waals surface area contributed by atoms with Crippen LogP contribution in [0, 0.1) is 23.7 Å². The Labute approximate surface area is 119 Å². The third-order valence-electron chi connectivity index (χ3n) is 5.32. The molecule has 108 valence electrons. The van der Waals surface area contributed by atoms with Crippen molar-refractivity contribution in [2.75, 3.05) is 6.54 Å². The smallest absolute Gasteiger partial charge is 0.0604 e. The highest BCUT2D eigenvalue weighted by Crippen LogP contribution is 2.38. The maximum atomic E-state index is 4.82. The number of nitrogens with zero attached hydrogens (tertiary/aromatic N) is 1. The van der Waals surface area contributed by atoms with E-state index in [2.05, 4.69) is 34.6 Å². The Hall–Kier alpha value is -0.590. The molecule has 1 fully saturated rings. The van der Waals surface area contributed by atoms with Crippen molar-refractivity contribution in [1.82, 2.24) is 0 Å². The Kier molecular flexibility index (Phi) is 4.86. The van der Waals surface area contributed by atoms with Crippen molar-refractivity contribution in [3.8, 4) is 0 Å². The lowest BCUT2D eigenvalue weighted by atomic mass is 9.73. The molecule has 1 heterocycles. The molecule has 19 heavy (non-hydrogen) atoms. The van der Waals surface area contributed by atoms with Gasteiger partial charge in [-0.3, -0.25) is 4.99 Å². The molecule has 2 atom stereocenters. The lowest BCUT2D eigenvalue weighted by molar-refractivity contribution is 0.300. The minimum atomic E-state index is 0.674. The average Bonchev–Trinajstić information content (AvgIpc) is 2.29. The Morgan fingerprint density at radius 1 is 1.05 bits per heavy atom. The lowest BCUT2D eigenvalue weighted by Gasteiger charge is -2.34. The van der Waals surface area contributed by atoms with Gasteiger partial charge in [0.1, 0.15) is 0 Å². The highest BCUT2D eigenvalue weighted by atomic mass is 14.8. The average molecular weight is 261 g/mol. The Balaban J connectivity index is 2.20. The summed E-state index contributed by atoms with van der Waals surface area (Å²) in [7, 11) is 0. The van der Waals surface area contributed by atoms with E-state index >= 15 is 0 Å². The van der Waals surface area contributed by atoms with Crippen molar-refractivity contribution in [2.24, 2.45) is 28.7 Å². The van der Waals surface area contributed by atoms with E-state index in [1.807, 2.05) is 0 Å². The first-order valence-corrected chi connectivity index (χ1v) is 8.23. The normalized spacial score (nSPS) is 29.1. The van der Waals surface area contributed by atoms with Crippen LogP contribution in [0.15, 0.2) is 16.1 Å². The van der Waals surface area contributed by atoms with Crippen LogP contribution in [-0.4, -0.2) is 12.3 Å². The highest BCUT2D eigenvalue weighted by Gasteiger charge is 2.28. The molecule has 0 aromatic carbocycles. The SMILES string of the molecule is CC1=NCC(C(C)C)=C2CCCC(C(C)C)CCC12. The first kappa shape index (κ1) is 14.8. The third-order valence-corrected chi connectivity index (χ3v) is 5.32. The molecule has 0 N–H and O–H groups in total. The van der Waals surface area contributed by atoms with Gasteiger partial charge in [0.2, 0.25) is 0 Å². The highest BCUT2D eigenvalue weighted by molar-refractivity contribution is 5.88. The summed E-state index contributed by atoms with van der Waals surface area (Å²) >= 11 is 0. The topological polar surface area (TPSA) is 12.4 Å². The second-order valence-electron chi connectivity index (χ2n) is 7.19. The number of aliphatic imine (C=N–C) groups is 1. The molecule has 0 spiro atoms. The van der Waals surface area contributed by atoms with Gasteiger partial charge in [-0.15, -0.1) is 0 Å². The molecule has 2 unspecified atom stereocenters. The van der Waals surface area contributed by atoms with Gasteiger partial charge in [0.25, 0.3) is 0 Å². The van der Waals surface area contributed by atoms with Crippen LogP contribution in [0.5, 0.6) is 0 Å². The maximum absolute atomic E-state index is 4.82. The summed E-state index contributed by atoms with van der Waals surface area (Å²) in [5.74, 6) is 3.12. The van der Waals surface area contributed by atoms with Gasteiger partial charge in [0.05, 0.1) is 6.54 Å². The van der Waals surface area contributed by atoms with E-state index in [0.29, 0.717) is 11.8 Å². The second kappa shape index (κ2) is 6.24. The molecule has 1 heteroatoms. The summed E-state index contributed by atoms with van der Waals surface area (Å²) in [6.07, 6.45) is 6.87. The molecule has 0 amide bonds. The van der Waals surface area contributed by atoms with Crippen LogP contribution in [0.25, 0.3) is 0 Å². The van der Waals surface area contributed by atoms with Crippen LogP contribution in [-0.2, 0) is 0 Å². The molecular weight excluding hydrogens is 230 g/mol. The molecule has 1 saturated carbocycles. The van der Waals surface area contributed by atoms with Gasteiger partial charge in [-0.05, 0) is 62.4 Å². The van der Waals surface area contributed by atoms with Crippen molar-refractivity contribution >= 4 is 5.71 Å². The number of fused-ring (bicyclic) bond motifs is 1. The first-order chi connectivity index (χ1) is 9.00. The summed E-state index contributed by atoms with van der Waals surface area (Å²) in [6, 6.07) is 0. The van der Waals surface area contributed by atoms with Crippen molar-refractivity contribution in [3.05, 3.63) is 11.1 Å². The minimum absolute atomic E-state index is 0.674. The zero-order valence-corrected chi connectivity index (χ0v) is 13.5. The van der Waals surface area contributed by atoms with Gasteiger partial charge < -0.3 is 0 Å². The molecule has 0 bridgehead atoms. The Morgan fingerprint density at radius 2 is 1.79 bits per heavy atom. The number of allylic oxidation sites excluding steroid dienone is 1. The van der Waals surface area contributed by atoms with Gasteiger partial charge >= 0.3 is 0 Å². The second-order valence-corrected chi connectivity index (χ2v) is 7.19. The van der Waals surface area contributed by atoms with Crippen LogP contribution in [0.2, 0.25) is 0 Å². The summed E-state index contributed by atoms with van der Waals surface area (Å²) < 4.78 is 0. The molecule has 0 saturated heterocycles. The van der Waals surface area contributed by atoms with Crippen LogP contribution < -0.4 is 0 Å². The zero-order chi connectivity index (χ0) is 14.0. The van der Waals surface area contributed by atoms with Gasteiger partial charge in [0, 0.05) is 11.6 Å². The molecule has 2 aliphatic rings. The number of rotatable bonds is 2. The quantitative estimate of drug-likeness (QED) is 0.601. The fourth-order valence-electron chi connectivity index (χ4n) is 3.92. The molecule has 1 aliphatic carbocycles. The summed E-state index contributed by atoms with van der Waals surface area (Å²) in [5.41, 5.74) is 4.83. The summed E-state index contributed by atoms with van der Waals surface area (Å²) in [6.45, 7) is 12.7. The Bertz CT molecular complexity index is 373. The molecule has 2 rings (SSSR count). The largest absolute Gasteiger partial charge is 0.289 e. The van der Waals surface area contributed by atoms with Gasteiger partial charge in [-0.2, -0.15) is 0 Å². The predicted molar refractivity (Wildman–Crippen MR) is 84.7 cm³/mol. The van der Waals surface area contributed by atoms with Crippen molar-refractivity contribution in [3.63, 3.8) is 0 Å². The molecule has 1 nitrogen and oxygen atoms in total. The van der Waals surface area contributed by atoms with E-state index in [4.69, 9.17) is 4.99 Å². The van der Waals surface area contributed by atoms with Crippen molar-refractivity contribution < 1.29 is 0 Å². The Morgan fingerprint density at radius 3 is 2.42 bits per heavy atom. The van der Waals surface area contributed by atoms with Gasteiger partial charge in [-0.25, -0.2) is 0 Å². The van der Waals surface area contributed by atoms with E-state index in [9.17, 15) is 0 Å². The molecule has 0 radical (unpaired) electrons. The lowest BCUT2D eigenvalue weighted by Crippen LogP contribution is -2.26. The first-order valence-electron chi connectivity index (χ1n) is 8.23. The van der Waals surface area contributed by atoms with E-state index < -0.39 is 0 Å². The summed E-state index contributed by atoms with van der Waals surface area (Å²) in [4.78, 5) is 4.82. The van der Waals surface area contributed by atoms with E-state index in [-0.39, 0.29) is 0 Å². The molecule has 0 aromatic rings. The molecular formula is C18H31N. The zero-order valence-electron chi connectivity index (χ0n) is 13.5. The number of dihydropyridines is 1. The maximum Gasteiger partial charge on any atom is 0.0604 e. The van der Waals surface area contributed by atoms with Gasteiger partial charge in [0.15, 0.2) is 0 Å².